The first kappa shape index (κ1) is 19.8. The maximum absolute atomic E-state index is 12.3. The summed E-state index contributed by atoms with van der Waals surface area (Å²) in [6.07, 6.45) is 1.82. The lowest BCUT2D eigenvalue weighted by Gasteiger charge is -2.32. The first-order valence-electron chi connectivity index (χ1n) is 8.12. The summed E-state index contributed by atoms with van der Waals surface area (Å²) in [5, 5.41) is 11.4. The van der Waals surface area contributed by atoms with E-state index in [0.29, 0.717) is 42.9 Å². The quantitative estimate of drug-likeness (QED) is 0.785. The van der Waals surface area contributed by atoms with Crippen molar-refractivity contribution in [1.82, 2.24) is 9.62 Å². The summed E-state index contributed by atoms with van der Waals surface area (Å²) in [6.45, 7) is 6.08. The SMILES string of the molecule is C=CS(=O)(=O)NC1CCN(C(=O)CCc2cc(Cl)c(C)cc2O)CC1. The van der Waals surface area contributed by atoms with Gasteiger partial charge >= 0.3 is 0 Å². The normalized spacial score (nSPS) is 16.0. The van der Waals surface area contributed by atoms with Crippen molar-refractivity contribution in [3.05, 3.63) is 40.3 Å². The van der Waals surface area contributed by atoms with Crippen molar-refractivity contribution >= 4 is 27.5 Å². The molecule has 1 aliphatic heterocycles. The fourth-order valence-corrected chi connectivity index (χ4v) is 3.82. The number of rotatable bonds is 6. The van der Waals surface area contributed by atoms with Gasteiger partial charge in [0.05, 0.1) is 0 Å². The van der Waals surface area contributed by atoms with E-state index < -0.39 is 10.0 Å². The molecule has 8 heteroatoms. The molecule has 0 aromatic heterocycles. The number of hydrogen-bond acceptors (Lipinski definition) is 4. The molecule has 1 aromatic carbocycles. The van der Waals surface area contributed by atoms with Crippen LogP contribution in [0.5, 0.6) is 5.75 Å². The highest BCUT2D eigenvalue weighted by molar-refractivity contribution is 7.92. The molecular formula is C17H23ClN2O4S. The van der Waals surface area contributed by atoms with E-state index in [-0.39, 0.29) is 24.1 Å². The Balaban J connectivity index is 1.85. The van der Waals surface area contributed by atoms with Crippen molar-refractivity contribution in [3.63, 3.8) is 0 Å². The smallest absolute Gasteiger partial charge is 0.233 e. The van der Waals surface area contributed by atoms with Crippen LogP contribution in [0.2, 0.25) is 5.02 Å². The second-order valence-electron chi connectivity index (χ2n) is 6.21. The molecule has 6 nitrogen and oxygen atoms in total. The zero-order valence-corrected chi connectivity index (χ0v) is 15.7. The number of nitrogens with one attached hydrogen (secondary N) is 1. The van der Waals surface area contributed by atoms with E-state index in [0.717, 1.165) is 11.0 Å². The highest BCUT2D eigenvalue weighted by atomic mass is 35.5. The number of nitrogens with zero attached hydrogens (tertiary/aromatic N) is 1. The Morgan fingerprint density at radius 1 is 1.44 bits per heavy atom. The van der Waals surface area contributed by atoms with Gasteiger partial charge in [0.2, 0.25) is 15.9 Å². The van der Waals surface area contributed by atoms with E-state index >= 15 is 0 Å². The Morgan fingerprint density at radius 3 is 2.68 bits per heavy atom. The Kier molecular flexibility index (Phi) is 6.48. The lowest BCUT2D eigenvalue weighted by Crippen LogP contribution is -2.46. The second-order valence-corrected chi connectivity index (χ2v) is 8.28. The molecule has 1 aliphatic rings. The standard InChI is InChI=1S/C17H23ClN2O4S/c1-3-25(23,24)19-14-6-8-20(9-7-14)17(22)5-4-13-11-15(18)12(2)10-16(13)21/h3,10-11,14,19,21H,1,4-9H2,2H3. The Labute approximate surface area is 153 Å². The van der Waals surface area contributed by atoms with Crippen molar-refractivity contribution in [2.24, 2.45) is 0 Å². The topological polar surface area (TPSA) is 86.7 Å². The van der Waals surface area contributed by atoms with Gasteiger partial charge in [-0.05, 0) is 49.4 Å². The minimum Gasteiger partial charge on any atom is -0.508 e. The Bertz CT molecular complexity index is 756. The first-order valence-corrected chi connectivity index (χ1v) is 10.0. The molecule has 0 bridgehead atoms. The molecule has 1 fully saturated rings. The molecule has 0 aliphatic carbocycles. The summed E-state index contributed by atoms with van der Waals surface area (Å²) >= 11 is 6.06. The number of carbonyl (C=O) groups is 1. The van der Waals surface area contributed by atoms with Gasteiger partial charge in [-0.25, -0.2) is 13.1 Å². The average Bonchev–Trinajstić information content (AvgIpc) is 2.57. The molecule has 1 heterocycles. The number of halogens is 1. The molecule has 0 unspecified atom stereocenters. The van der Waals surface area contributed by atoms with Crippen LogP contribution in [0.1, 0.15) is 30.4 Å². The van der Waals surface area contributed by atoms with E-state index in [1.165, 1.54) is 0 Å². The number of benzene rings is 1. The van der Waals surface area contributed by atoms with Gasteiger partial charge in [0.15, 0.2) is 0 Å². The third kappa shape index (κ3) is 5.45. The maximum atomic E-state index is 12.3. The molecule has 2 N–H and O–H groups in total. The van der Waals surface area contributed by atoms with Gasteiger partial charge in [-0.2, -0.15) is 0 Å². The predicted octanol–water partition coefficient (Wildman–Crippen LogP) is 2.34. The van der Waals surface area contributed by atoms with Crippen LogP contribution in [0.25, 0.3) is 0 Å². The van der Waals surface area contributed by atoms with Gasteiger partial charge in [0.1, 0.15) is 5.75 Å². The zero-order chi connectivity index (χ0) is 18.6. The fourth-order valence-electron chi connectivity index (χ4n) is 2.83. The highest BCUT2D eigenvalue weighted by Crippen LogP contribution is 2.27. The van der Waals surface area contributed by atoms with Gasteiger partial charge in [0.25, 0.3) is 0 Å². The van der Waals surface area contributed by atoms with Crippen LogP contribution < -0.4 is 4.72 Å². The van der Waals surface area contributed by atoms with Gasteiger partial charge in [-0.1, -0.05) is 18.2 Å². The maximum Gasteiger partial charge on any atom is 0.233 e. The van der Waals surface area contributed by atoms with Gasteiger partial charge in [0, 0.05) is 36.0 Å². The molecule has 1 saturated heterocycles. The number of sulfonamides is 1. The van der Waals surface area contributed by atoms with Crippen LogP contribution in [0, 0.1) is 6.92 Å². The molecule has 0 atom stereocenters. The monoisotopic (exact) mass is 386 g/mol. The Morgan fingerprint density at radius 2 is 2.08 bits per heavy atom. The summed E-state index contributed by atoms with van der Waals surface area (Å²) in [4.78, 5) is 14.1. The number of carbonyl (C=O) groups excluding carboxylic acids is 1. The second kappa shape index (κ2) is 8.21. The molecule has 0 radical (unpaired) electrons. The van der Waals surface area contributed by atoms with Crippen molar-refractivity contribution in [3.8, 4) is 5.75 Å². The summed E-state index contributed by atoms with van der Waals surface area (Å²) in [6, 6.07) is 3.11. The molecule has 1 aromatic rings. The largest absolute Gasteiger partial charge is 0.508 e. The number of amides is 1. The van der Waals surface area contributed by atoms with Gasteiger partial charge in [-0.3, -0.25) is 4.79 Å². The third-order valence-electron chi connectivity index (χ3n) is 4.37. The number of aryl methyl sites for hydroxylation is 2. The number of phenols is 1. The van der Waals surface area contributed by atoms with Crippen molar-refractivity contribution < 1.29 is 18.3 Å². The van der Waals surface area contributed by atoms with Crippen molar-refractivity contribution in [1.29, 1.82) is 0 Å². The van der Waals surface area contributed by atoms with E-state index in [2.05, 4.69) is 11.3 Å². The van der Waals surface area contributed by atoms with E-state index in [1.54, 1.807) is 17.0 Å². The van der Waals surface area contributed by atoms with Crippen LogP contribution in [-0.2, 0) is 21.2 Å². The van der Waals surface area contributed by atoms with Crippen molar-refractivity contribution in [2.75, 3.05) is 13.1 Å². The van der Waals surface area contributed by atoms with Crippen LogP contribution in [0.3, 0.4) is 0 Å². The molecule has 138 valence electrons. The number of hydrogen-bond donors (Lipinski definition) is 2. The van der Waals surface area contributed by atoms with Crippen LogP contribution >= 0.6 is 11.6 Å². The molecule has 2 rings (SSSR count). The van der Waals surface area contributed by atoms with Crippen LogP contribution in [0.15, 0.2) is 24.1 Å². The van der Waals surface area contributed by atoms with Gasteiger partial charge < -0.3 is 10.0 Å². The van der Waals surface area contributed by atoms with E-state index in [4.69, 9.17) is 11.6 Å². The molecule has 25 heavy (non-hydrogen) atoms. The van der Waals surface area contributed by atoms with Crippen LogP contribution in [-0.4, -0.2) is 43.5 Å². The Hall–Kier alpha value is -1.57. The number of phenolic OH excluding ortho intramolecular Hbond substituents is 1. The highest BCUT2D eigenvalue weighted by Gasteiger charge is 2.24. The number of aromatic hydroxyl groups is 1. The zero-order valence-electron chi connectivity index (χ0n) is 14.2. The first-order chi connectivity index (χ1) is 11.7. The summed E-state index contributed by atoms with van der Waals surface area (Å²) in [5.74, 6) is 0.133. The molecule has 0 spiro atoms. The minimum atomic E-state index is -3.45. The van der Waals surface area contributed by atoms with Gasteiger partial charge in [-0.15, -0.1) is 0 Å². The number of piperidine rings is 1. The summed E-state index contributed by atoms with van der Waals surface area (Å²) in [7, 11) is -3.45. The minimum absolute atomic E-state index is 0.0128. The van der Waals surface area contributed by atoms with E-state index in [1.807, 2.05) is 6.92 Å². The third-order valence-corrected chi connectivity index (χ3v) is 5.87. The van der Waals surface area contributed by atoms with Crippen molar-refractivity contribution in [2.45, 2.75) is 38.6 Å². The van der Waals surface area contributed by atoms with E-state index in [9.17, 15) is 18.3 Å². The fraction of sp³-hybridized carbons (Fsp3) is 0.471. The molecule has 1 amide bonds. The summed E-state index contributed by atoms with van der Waals surface area (Å²) < 4.78 is 25.5. The lowest BCUT2D eigenvalue weighted by molar-refractivity contribution is -0.132. The molecular weight excluding hydrogens is 364 g/mol. The predicted molar refractivity (Wildman–Crippen MR) is 98.0 cm³/mol. The summed E-state index contributed by atoms with van der Waals surface area (Å²) in [5.41, 5.74) is 1.44. The average molecular weight is 387 g/mol. The number of likely N-dealkylation sites (tertiary alicyclic amines) is 1. The molecule has 0 saturated carbocycles. The lowest BCUT2D eigenvalue weighted by atomic mass is 10.0. The van der Waals surface area contributed by atoms with Crippen LogP contribution in [0.4, 0.5) is 0 Å².